The summed E-state index contributed by atoms with van der Waals surface area (Å²) in [4.78, 5) is 16.1. The van der Waals surface area contributed by atoms with Crippen molar-refractivity contribution < 1.29 is 13.2 Å². The molecule has 1 N–H and O–H groups in total. The van der Waals surface area contributed by atoms with Crippen molar-refractivity contribution in [3.63, 3.8) is 0 Å². The molecule has 6 heteroatoms. The van der Waals surface area contributed by atoms with Crippen molar-refractivity contribution >= 4 is 15.7 Å². The first-order valence-corrected chi connectivity index (χ1v) is 8.59. The monoisotopic (exact) mass is 318 g/mol. The van der Waals surface area contributed by atoms with Crippen molar-refractivity contribution in [2.75, 3.05) is 5.75 Å². The van der Waals surface area contributed by atoms with E-state index in [0.717, 1.165) is 11.3 Å². The number of aromatic nitrogens is 1. The summed E-state index contributed by atoms with van der Waals surface area (Å²) in [6.45, 7) is 2.19. The summed E-state index contributed by atoms with van der Waals surface area (Å²) in [5, 5.41) is 2.67. The quantitative estimate of drug-likeness (QED) is 0.882. The van der Waals surface area contributed by atoms with Crippen molar-refractivity contribution in [1.29, 1.82) is 0 Å². The Bertz CT molecular complexity index is 726. The molecule has 22 heavy (non-hydrogen) atoms. The fourth-order valence-electron chi connectivity index (χ4n) is 1.87. The second kappa shape index (κ2) is 7.17. The van der Waals surface area contributed by atoms with E-state index >= 15 is 0 Å². The zero-order chi connectivity index (χ0) is 16.0. The molecular formula is C16H18N2O3S. The van der Waals surface area contributed by atoms with Gasteiger partial charge in [-0.2, -0.15) is 0 Å². The molecule has 0 atom stereocenters. The summed E-state index contributed by atoms with van der Waals surface area (Å²) in [5.74, 6) is -0.509. The summed E-state index contributed by atoms with van der Waals surface area (Å²) in [6, 6.07) is 12.0. The number of nitrogens with one attached hydrogen (secondary N) is 1. The summed E-state index contributed by atoms with van der Waals surface area (Å²) in [7, 11) is -3.43. The Morgan fingerprint density at radius 2 is 1.86 bits per heavy atom. The van der Waals surface area contributed by atoms with Crippen LogP contribution >= 0.6 is 0 Å². The number of hydrogen-bond acceptors (Lipinski definition) is 4. The van der Waals surface area contributed by atoms with E-state index in [1.54, 1.807) is 42.6 Å². The summed E-state index contributed by atoms with van der Waals surface area (Å²) < 4.78 is 24.3. The SMILES string of the molecule is Cc1ccc(S(=O)(=O)CCC(=O)NCc2ccccn2)cc1. The summed E-state index contributed by atoms with van der Waals surface area (Å²) in [5.41, 5.74) is 1.73. The van der Waals surface area contributed by atoms with Gasteiger partial charge in [0.05, 0.1) is 22.9 Å². The molecule has 0 saturated heterocycles. The normalized spacial score (nSPS) is 11.1. The lowest BCUT2D eigenvalue weighted by molar-refractivity contribution is -0.120. The van der Waals surface area contributed by atoms with E-state index in [1.165, 1.54) is 0 Å². The molecule has 2 rings (SSSR count). The number of aryl methyl sites for hydroxylation is 1. The van der Waals surface area contributed by atoms with Crippen LogP contribution < -0.4 is 5.32 Å². The minimum Gasteiger partial charge on any atom is -0.350 e. The highest BCUT2D eigenvalue weighted by Gasteiger charge is 2.16. The van der Waals surface area contributed by atoms with Gasteiger partial charge in [-0.1, -0.05) is 23.8 Å². The Balaban J connectivity index is 1.86. The molecule has 1 amide bonds. The van der Waals surface area contributed by atoms with Crippen LogP contribution in [0.3, 0.4) is 0 Å². The van der Waals surface area contributed by atoms with Crippen molar-refractivity contribution in [1.82, 2.24) is 10.3 Å². The van der Waals surface area contributed by atoms with Gasteiger partial charge in [-0.05, 0) is 31.2 Å². The average molecular weight is 318 g/mol. The Morgan fingerprint density at radius 3 is 2.50 bits per heavy atom. The van der Waals surface area contributed by atoms with E-state index in [9.17, 15) is 13.2 Å². The number of rotatable bonds is 6. The van der Waals surface area contributed by atoms with Gasteiger partial charge in [0.1, 0.15) is 0 Å². The van der Waals surface area contributed by atoms with E-state index < -0.39 is 9.84 Å². The van der Waals surface area contributed by atoms with Gasteiger partial charge in [0, 0.05) is 12.6 Å². The number of hydrogen-bond donors (Lipinski definition) is 1. The van der Waals surface area contributed by atoms with E-state index in [-0.39, 0.29) is 23.0 Å². The molecule has 1 aromatic heterocycles. The molecule has 0 fully saturated rings. The number of sulfone groups is 1. The van der Waals surface area contributed by atoms with E-state index in [2.05, 4.69) is 10.3 Å². The standard InChI is InChI=1S/C16H18N2O3S/c1-13-5-7-15(8-6-13)22(20,21)11-9-16(19)18-12-14-4-2-3-10-17-14/h2-8,10H,9,11-12H2,1H3,(H,18,19). The molecule has 0 saturated carbocycles. The van der Waals surface area contributed by atoms with Crippen LogP contribution in [0.4, 0.5) is 0 Å². The number of benzene rings is 1. The largest absolute Gasteiger partial charge is 0.350 e. The lowest BCUT2D eigenvalue weighted by Crippen LogP contribution is -2.25. The lowest BCUT2D eigenvalue weighted by atomic mass is 10.2. The zero-order valence-corrected chi connectivity index (χ0v) is 13.1. The predicted octanol–water partition coefficient (Wildman–Crippen LogP) is 1.87. The van der Waals surface area contributed by atoms with E-state index in [0.29, 0.717) is 6.54 Å². The van der Waals surface area contributed by atoms with Crippen LogP contribution in [0.15, 0.2) is 53.6 Å². The van der Waals surface area contributed by atoms with Crippen molar-refractivity contribution in [2.45, 2.75) is 24.8 Å². The Labute approximate surface area is 130 Å². The van der Waals surface area contributed by atoms with Gasteiger partial charge in [-0.15, -0.1) is 0 Å². The highest BCUT2D eigenvalue weighted by Crippen LogP contribution is 2.13. The molecule has 0 aliphatic rings. The van der Waals surface area contributed by atoms with Crippen LogP contribution in [-0.2, 0) is 21.2 Å². The van der Waals surface area contributed by atoms with Crippen LogP contribution in [0.25, 0.3) is 0 Å². The van der Waals surface area contributed by atoms with Crippen LogP contribution in [0.5, 0.6) is 0 Å². The van der Waals surface area contributed by atoms with Crippen LogP contribution in [0, 0.1) is 6.92 Å². The van der Waals surface area contributed by atoms with Crippen molar-refractivity contribution in [3.8, 4) is 0 Å². The lowest BCUT2D eigenvalue weighted by Gasteiger charge is -2.06. The Morgan fingerprint density at radius 1 is 1.14 bits per heavy atom. The molecule has 0 radical (unpaired) electrons. The minimum absolute atomic E-state index is 0.0664. The van der Waals surface area contributed by atoms with Gasteiger partial charge in [-0.25, -0.2) is 8.42 Å². The third kappa shape index (κ3) is 4.66. The van der Waals surface area contributed by atoms with Gasteiger partial charge < -0.3 is 5.32 Å². The van der Waals surface area contributed by atoms with Gasteiger partial charge >= 0.3 is 0 Å². The average Bonchev–Trinajstić information content (AvgIpc) is 2.52. The van der Waals surface area contributed by atoms with E-state index in [1.807, 2.05) is 13.0 Å². The first-order chi connectivity index (χ1) is 10.5. The molecule has 1 aromatic carbocycles. The topological polar surface area (TPSA) is 76.1 Å². The smallest absolute Gasteiger partial charge is 0.221 e. The molecule has 0 aliphatic carbocycles. The third-order valence-corrected chi connectivity index (χ3v) is 4.90. The summed E-state index contributed by atoms with van der Waals surface area (Å²) in [6.07, 6.45) is 1.58. The molecule has 0 bridgehead atoms. The second-order valence-corrected chi connectivity index (χ2v) is 7.09. The van der Waals surface area contributed by atoms with Gasteiger partial charge in [0.25, 0.3) is 0 Å². The zero-order valence-electron chi connectivity index (χ0n) is 12.3. The fraction of sp³-hybridized carbons (Fsp3) is 0.250. The molecule has 1 heterocycles. The maximum Gasteiger partial charge on any atom is 0.221 e. The maximum atomic E-state index is 12.1. The summed E-state index contributed by atoms with van der Waals surface area (Å²) >= 11 is 0. The first-order valence-electron chi connectivity index (χ1n) is 6.93. The van der Waals surface area contributed by atoms with Gasteiger partial charge in [0.2, 0.25) is 5.91 Å². The van der Waals surface area contributed by atoms with Crippen LogP contribution in [0.1, 0.15) is 17.7 Å². The first kappa shape index (κ1) is 16.2. The van der Waals surface area contributed by atoms with Crippen molar-refractivity contribution in [2.24, 2.45) is 0 Å². The molecule has 2 aromatic rings. The molecule has 116 valence electrons. The van der Waals surface area contributed by atoms with E-state index in [4.69, 9.17) is 0 Å². The molecule has 0 spiro atoms. The number of amides is 1. The minimum atomic E-state index is -3.43. The third-order valence-electron chi connectivity index (χ3n) is 3.17. The maximum absolute atomic E-state index is 12.1. The molecule has 0 unspecified atom stereocenters. The number of pyridine rings is 1. The van der Waals surface area contributed by atoms with Gasteiger partial charge in [0.15, 0.2) is 9.84 Å². The fourth-order valence-corrected chi connectivity index (χ4v) is 3.11. The second-order valence-electron chi connectivity index (χ2n) is 4.98. The predicted molar refractivity (Wildman–Crippen MR) is 83.9 cm³/mol. The highest BCUT2D eigenvalue weighted by molar-refractivity contribution is 7.91. The molecule has 0 aliphatic heterocycles. The molecular weight excluding hydrogens is 300 g/mol. The highest BCUT2D eigenvalue weighted by atomic mass is 32.2. The van der Waals surface area contributed by atoms with Gasteiger partial charge in [-0.3, -0.25) is 9.78 Å². The Hall–Kier alpha value is -2.21. The number of nitrogens with zero attached hydrogens (tertiary/aromatic N) is 1. The number of carbonyl (C=O) groups is 1. The van der Waals surface area contributed by atoms with Crippen LogP contribution in [-0.4, -0.2) is 25.1 Å². The van der Waals surface area contributed by atoms with Crippen LogP contribution in [0.2, 0.25) is 0 Å². The van der Waals surface area contributed by atoms with Crippen molar-refractivity contribution in [3.05, 3.63) is 59.9 Å². The molecule has 5 nitrogen and oxygen atoms in total. The number of carbonyl (C=O) groups excluding carboxylic acids is 1. The Kier molecular flexibility index (Phi) is 5.27.